The number of nitrogens with one attached hydrogen (secondary N) is 1. The van der Waals surface area contributed by atoms with Crippen molar-refractivity contribution in [1.29, 1.82) is 0 Å². The molecule has 3 aromatic rings. The molecule has 0 amide bonds. The molecule has 140 valence electrons. The van der Waals surface area contributed by atoms with Crippen molar-refractivity contribution in [3.63, 3.8) is 0 Å². The predicted octanol–water partition coefficient (Wildman–Crippen LogP) is 5.77. The summed E-state index contributed by atoms with van der Waals surface area (Å²) in [5.41, 5.74) is 3.25. The molecule has 1 unspecified atom stereocenters. The smallest absolute Gasteiger partial charge is 0.0921 e. The normalized spacial score (nSPS) is 16.1. The highest BCUT2D eigenvalue weighted by Gasteiger charge is 2.20. The van der Waals surface area contributed by atoms with Gasteiger partial charge in [0.15, 0.2) is 0 Å². The van der Waals surface area contributed by atoms with Crippen LogP contribution in [0.3, 0.4) is 0 Å². The number of hydrogen-bond acceptors (Lipinski definition) is 3. The van der Waals surface area contributed by atoms with Gasteiger partial charge >= 0.3 is 0 Å². The number of aliphatic hydroxyl groups is 1. The van der Waals surface area contributed by atoms with Crippen molar-refractivity contribution in [2.75, 3.05) is 6.54 Å². The quantitative estimate of drug-likeness (QED) is 0.570. The Labute approximate surface area is 169 Å². The summed E-state index contributed by atoms with van der Waals surface area (Å²) in [5.74, 6) is 0. The summed E-state index contributed by atoms with van der Waals surface area (Å²) < 4.78 is 0. The van der Waals surface area contributed by atoms with Crippen molar-refractivity contribution in [3.8, 4) is 11.3 Å². The average Bonchev–Trinajstić information content (AvgIpc) is 3.20. The van der Waals surface area contributed by atoms with Crippen molar-refractivity contribution >= 4 is 34.1 Å². The molecule has 1 atom stereocenters. The standard InChI is InChI=1S/C22H22Cl2N2O/c23-15-10-18-17(21(27)13-25-16-8-4-5-9-16)12-20(14-6-2-1-3-7-14)26-22(18)19(24)11-15/h1-3,6-7,10-12,16,21,25,27H,4-5,8-9,13H2. The summed E-state index contributed by atoms with van der Waals surface area (Å²) in [5, 5.41) is 16.3. The van der Waals surface area contributed by atoms with Gasteiger partial charge < -0.3 is 10.4 Å². The minimum atomic E-state index is -0.659. The van der Waals surface area contributed by atoms with Gasteiger partial charge in [-0.25, -0.2) is 4.98 Å². The molecule has 1 saturated carbocycles. The zero-order valence-corrected chi connectivity index (χ0v) is 16.5. The molecule has 0 aliphatic heterocycles. The van der Waals surface area contributed by atoms with E-state index in [1.54, 1.807) is 6.07 Å². The van der Waals surface area contributed by atoms with Crippen molar-refractivity contribution in [1.82, 2.24) is 10.3 Å². The number of fused-ring (bicyclic) bond motifs is 1. The van der Waals surface area contributed by atoms with Gasteiger partial charge in [-0.05, 0) is 36.6 Å². The Morgan fingerprint density at radius 2 is 1.81 bits per heavy atom. The number of rotatable bonds is 5. The van der Waals surface area contributed by atoms with Crippen molar-refractivity contribution in [3.05, 3.63) is 64.1 Å². The maximum absolute atomic E-state index is 11.0. The summed E-state index contributed by atoms with van der Waals surface area (Å²) in [6, 6.07) is 15.9. The first-order valence-corrected chi connectivity index (χ1v) is 10.1. The van der Waals surface area contributed by atoms with E-state index in [9.17, 15) is 5.11 Å². The second-order valence-electron chi connectivity index (χ2n) is 7.15. The molecule has 1 aliphatic carbocycles. The van der Waals surface area contributed by atoms with E-state index in [2.05, 4.69) is 5.32 Å². The van der Waals surface area contributed by atoms with E-state index in [1.165, 1.54) is 25.7 Å². The highest BCUT2D eigenvalue weighted by Crippen LogP contribution is 2.34. The molecule has 27 heavy (non-hydrogen) atoms. The number of aliphatic hydroxyl groups excluding tert-OH is 1. The lowest BCUT2D eigenvalue weighted by molar-refractivity contribution is 0.171. The van der Waals surface area contributed by atoms with Gasteiger partial charge in [-0.15, -0.1) is 0 Å². The fraction of sp³-hybridized carbons (Fsp3) is 0.318. The molecule has 5 heteroatoms. The fourth-order valence-electron chi connectivity index (χ4n) is 3.83. The third-order valence-corrected chi connectivity index (χ3v) is 5.75. The van der Waals surface area contributed by atoms with Crippen LogP contribution in [0.2, 0.25) is 10.0 Å². The zero-order valence-electron chi connectivity index (χ0n) is 15.0. The monoisotopic (exact) mass is 400 g/mol. The Hall–Kier alpha value is -1.65. The molecule has 0 bridgehead atoms. The SMILES string of the molecule is OC(CNC1CCCC1)c1cc(-c2ccccc2)nc2c(Cl)cc(Cl)cc12. The summed E-state index contributed by atoms with van der Waals surface area (Å²) in [7, 11) is 0. The van der Waals surface area contributed by atoms with Crippen LogP contribution in [-0.4, -0.2) is 22.7 Å². The van der Waals surface area contributed by atoms with E-state index in [0.717, 1.165) is 22.2 Å². The first-order valence-electron chi connectivity index (χ1n) is 9.38. The molecule has 4 rings (SSSR count). The van der Waals surface area contributed by atoms with E-state index in [-0.39, 0.29) is 0 Å². The number of aromatic nitrogens is 1. The molecule has 1 aromatic heterocycles. The van der Waals surface area contributed by atoms with E-state index in [1.807, 2.05) is 42.5 Å². The molecule has 2 N–H and O–H groups in total. The van der Waals surface area contributed by atoms with Crippen LogP contribution >= 0.6 is 23.2 Å². The molecule has 1 heterocycles. The van der Waals surface area contributed by atoms with E-state index in [0.29, 0.717) is 28.1 Å². The van der Waals surface area contributed by atoms with Crippen molar-refractivity contribution in [2.45, 2.75) is 37.8 Å². The number of hydrogen-bond donors (Lipinski definition) is 2. The van der Waals surface area contributed by atoms with E-state index in [4.69, 9.17) is 28.2 Å². The first-order chi connectivity index (χ1) is 13.1. The first kappa shape index (κ1) is 18.7. The number of benzene rings is 2. The van der Waals surface area contributed by atoms with Crippen LogP contribution in [0.25, 0.3) is 22.2 Å². The van der Waals surface area contributed by atoms with Gasteiger partial charge in [-0.3, -0.25) is 0 Å². The summed E-state index contributed by atoms with van der Waals surface area (Å²) in [6.45, 7) is 0.502. The van der Waals surface area contributed by atoms with Gasteiger partial charge in [0.1, 0.15) is 0 Å². The average molecular weight is 401 g/mol. The maximum Gasteiger partial charge on any atom is 0.0921 e. The maximum atomic E-state index is 11.0. The van der Waals surface area contributed by atoms with Crippen LogP contribution in [0.15, 0.2) is 48.5 Å². The number of nitrogens with zero attached hydrogens (tertiary/aromatic N) is 1. The second kappa shape index (κ2) is 8.15. The van der Waals surface area contributed by atoms with Crippen LogP contribution in [0, 0.1) is 0 Å². The van der Waals surface area contributed by atoms with Crippen molar-refractivity contribution in [2.24, 2.45) is 0 Å². The molecule has 0 saturated heterocycles. The van der Waals surface area contributed by atoms with Gasteiger partial charge in [-0.1, -0.05) is 66.4 Å². The largest absolute Gasteiger partial charge is 0.387 e. The van der Waals surface area contributed by atoms with E-state index < -0.39 is 6.10 Å². The van der Waals surface area contributed by atoms with Gasteiger partial charge in [-0.2, -0.15) is 0 Å². The molecule has 1 aliphatic rings. The zero-order chi connectivity index (χ0) is 18.8. The van der Waals surface area contributed by atoms with Gasteiger partial charge in [0.05, 0.1) is 22.3 Å². The van der Waals surface area contributed by atoms with Gasteiger partial charge in [0.2, 0.25) is 0 Å². The van der Waals surface area contributed by atoms with Gasteiger partial charge in [0, 0.05) is 28.6 Å². The molecule has 2 aromatic carbocycles. The number of halogens is 2. The minimum Gasteiger partial charge on any atom is -0.387 e. The summed E-state index contributed by atoms with van der Waals surface area (Å²) in [4.78, 5) is 4.74. The Morgan fingerprint density at radius 1 is 1.07 bits per heavy atom. The Morgan fingerprint density at radius 3 is 2.56 bits per heavy atom. The third-order valence-electron chi connectivity index (χ3n) is 5.25. The lowest BCUT2D eigenvalue weighted by atomic mass is 10.00. The predicted molar refractivity (Wildman–Crippen MR) is 112 cm³/mol. The van der Waals surface area contributed by atoms with Crippen LogP contribution in [0.4, 0.5) is 0 Å². The number of pyridine rings is 1. The van der Waals surface area contributed by atoms with Crippen LogP contribution < -0.4 is 5.32 Å². The summed E-state index contributed by atoms with van der Waals surface area (Å²) >= 11 is 12.7. The second-order valence-corrected chi connectivity index (χ2v) is 8.00. The molecule has 0 spiro atoms. The van der Waals surface area contributed by atoms with Crippen LogP contribution in [0.1, 0.15) is 37.4 Å². The Bertz CT molecular complexity index is 940. The van der Waals surface area contributed by atoms with Gasteiger partial charge in [0.25, 0.3) is 0 Å². The Kier molecular flexibility index (Phi) is 5.65. The molecular formula is C22H22Cl2N2O. The van der Waals surface area contributed by atoms with Crippen LogP contribution in [-0.2, 0) is 0 Å². The molecule has 3 nitrogen and oxygen atoms in total. The van der Waals surface area contributed by atoms with E-state index >= 15 is 0 Å². The van der Waals surface area contributed by atoms with Crippen molar-refractivity contribution < 1.29 is 5.11 Å². The lowest BCUT2D eigenvalue weighted by Crippen LogP contribution is -2.30. The lowest BCUT2D eigenvalue weighted by Gasteiger charge is -2.19. The third kappa shape index (κ3) is 4.12. The Balaban J connectivity index is 1.76. The highest BCUT2D eigenvalue weighted by molar-refractivity contribution is 6.38. The molecular weight excluding hydrogens is 379 g/mol. The molecule has 1 fully saturated rings. The fourth-order valence-corrected chi connectivity index (χ4v) is 4.36. The topological polar surface area (TPSA) is 45.1 Å². The van der Waals surface area contributed by atoms with Crippen LogP contribution in [0.5, 0.6) is 0 Å². The molecule has 0 radical (unpaired) electrons. The highest BCUT2D eigenvalue weighted by atomic mass is 35.5. The minimum absolute atomic E-state index is 0.493. The summed E-state index contributed by atoms with van der Waals surface area (Å²) in [6.07, 6.45) is 4.21.